The van der Waals surface area contributed by atoms with Crippen LogP contribution in [0.5, 0.6) is 0 Å². The van der Waals surface area contributed by atoms with Crippen molar-refractivity contribution in [3.05, 3.63) is 60.8 Å². The SMILES string of the molecule is N#Cc1ccccc1S(=O)(=O)C[C@H]1CC[C@@H](n2cc(-c3ncnc4[nH]ccc34)cn2)CC1.O=C(O)C(F)(F)F. The van der Waals surface area contributed by atoms with E-state index in [0.717, 1.165) is 48.0 Å². The fourth-order valence-corrected chi connectivity index (χ4v) is 6.44. The number of hydrogen-bond donors (Lipinski definition) is 2. The highest BCUT2D eigenvalue weighted by Gasteiger charge is 2.38. The van der Waals surface area contributed by atoms with Crippen LogP contribution in [-0.2, 0) is 14.6 Å². The monoisotopic (exact) mass is 560 g/mol. The van der Waals surface area contributed by atoms with Crippen LogP contribution in [0.1, 0.15) is 37.3 Å². The second-order valence-corrected chi connectivity index (χ2v) is 11.0. The Morgan fingerprint density at radius 1 is 1.15 bits per heavy atom. The van der Waals surface area contributed by atoms with E-state index in [-0.39, 0.29) is 28.2 Å². The third-order valence-corrected chi connectivity index (χ3v) is 8.40. The molecule has 0 atom stereocenters. The van der Waals surface area contributed by atoms with Gasteiger partial charge in [-0.15, -0.1) is 0 Å². The Morgan fingerprint density at radius 3 is 2.51 bits per heavy atom. The number of H-pyrrole nitrogens is 1. The molecule has 0 unspecified atom stereocenters. The number of carboxylic acids is 1. The molecule has 3 heterocycles. The van der Waals surface area contributed by atoms with E-state index in [2.05, 4.69) is 20.1 Å². The Labute approximate surface area is 221 Å². The molecule has 10 nitrogen and oxygen atoms in total. The van der Waals surface area contributed by atoms with Gasteiger partial charge in [-0.1, -0.05) is 12.1 Å². The molecular formula is C25H23F3N6O4S. The van der Waals surface area contributed by atoms with Crippen LogP contribution in [0.25, 0.3) is 22.3 Å². The number of rotatable bonds is 5. The van der Waals surface area contributed by atoms with Gasteiger partial charge in [-0.3, -0.25) is 4.68 Å². The number of carboxylic acid groups (broad SMARTS) is 1. The van der Waals surface area contributed by atoms with E-state index in [1.807, 2.05) is 35.4 Å². The molecule has 1 fully saturated rings. The van der Waals surface area contributed by atoms with E-state index >= 15 is 0 Å². The van der Waals surface area contributed by atoms with Gasteiger partial charge in [0.2, 0.25) is 0 Å². The van der Waals surface area contributed by atoms with Crippen LogP contribution < -0.4 is 0 Å². The molecule has 1 aliphatic rings. The summed E-state index contributed by atoms with van der Waals surface area (Å²) in [5, 5.41) is 21.9. The standard InChI is InChI=1S/C23H22N6O2S.C2HF3O2/c24-11-17-3-1-2-4-21(17)32(30,31)14-16-5-7-19(8-6-16)29-13-18(12-28-29)22-20-9-10-25-23(20)27-15-26-22;3-2(4,5)1(6)7/h1-4,9-10,12-13,15-16,19H,5-8,14H2,(H,25,26,27);(H,6,7)/t16-,19+;. The second-order valence-electron chi connectivity index (χ2n) is 9.04. The lowest BCUT2D eigenvalue weighted by molar-refractivity contribution is -0.192. The number of nitrogens with one attached hydrogen (secondary N) is 1. The van der Waals surface area contributed by atoms with Crippen molar-refractivity contribution in [2.24, 2.45) is 5.92 Å². The molecule has 0 amide bonds. The van der Waals surface area contributed by atoms with E-state index in [1.165, 1.54) is 6.07 Å². The lowest BCUT2D eigenvalue weighted by Gasteiger charge is -2.28. The Kier molecular flexibility index (Phi) is 8.01. The number of sulfone groups is 1. The summed E-state index contributed by atoms with van der Waals surface area (Å²) in [7, 11) is -3.49. The summed E-state index contributed by atoms with van der Waals surface area (Å²) in [4.78, 5) is 20.8. The van der Waals surface area contributed by atoms with Gasteiger partial charge < -0.3 is 10.1 Å². The minimum absolute atomic E-state index is 0.0785. The van der Waals surface area contributed by atoms with Crippen molar-refractivity contribution in [2.75, 3.05) is 5.75 Å². The molecule has 39 heavy (non-hydrogen) atoms. The Morgan fingerprint density at radius 2 is 1.85 bits per heavy atom. The lowest BCUT2D eigenvalue weighted by atomic mass is 9.87. The molecule has 2 N–H and O–H groups in total. The molecule has 0 aliphatic heterocycles. The maximum atomic E-state index is 12.9. The number of benzene rings is 1. The predicted molar refractivity (Wildman–Crippen MR) is 133 cm³/mol. The molecule has 0 spiro atoms. The van der Waals surface area contributed by atoms with Gasteiger partial charge in [0.05, 0.1) is 34.1 Å². The molecule has 14 heteroatoms. The molecule has 0 saturated heterocycles. The summed E-state index contributed by atoms with van der Waals surface area (Å²) in [5.74, 6) is -2.60. The summed E-state index contributed by atoms with van der Waals surface area (Å²) < 4.78 is 59.5. The molecule has 0 radical (unpaired) electrons. The van der Waals surface area contributed by atoms with Gasteiger partial charge >= 0.3 is 12.1 Å². The van der Waals surface area contributed by atoms with E-state index in [1.54, 1.807) is 24.5 Å². The van der Waals surface area contributed by atoms with Crippen LogP contribution in [0, 0.1) is 17.2 Å². The molecule has 1 aliphatic carbocycles. The number of aliphatic carboxylic acids is 1. The fraction of sp³-hybridized carbons (Fsp3) is 0.320. The van der Waals surface area contributed by atoms with E-state index in [4.69, 9.17) is 9.90 Å². The summed E-state index contributed by atoms with van der Waals surface area (Å²) in [6, 6.07) is 10.6. The molecule has 204 valence electrons. The number of fused-ring (bicyclic) bond motifs is 1. The Balaban J connectivity index is 0.000000448. The maximum Gasteiger partial charge on any atom is 0.490 e. The van der Waals surface area contributed by atoms with Gasteiger partial charge in [-0.05, 0) is 49.8 Å². The van der Waals surface area contributed by atoms with Crippen LogP contribution in [0.4, 0.5) is 13.2 Å². The van der Waals surface area contributed by atoms with Gasteiger partial charge in [0.25, 0.3) is 0 Å². The average Bonchev–Trinajstić information content (AvgIpc) is 3.59. The van der Waals surface area contributed by atoms with Gasteiger partial charge in [0.15, 0.2) is 9.84 Å². The second kappa shape index (κ2) is 11.2. The van der Waals surface area contributed by atoms with Crippen molar-refractivity contribution < 1.29 is 31.5 Å². The topological polar surface area (TPSA) is 155 Å². The smallest absolute Gasteiger partial charge is 0.475 e. The van der Waals surface area contributed by atoms with Crippen LogP contribution in [-0.4, -0.2) is 56.2 Å². The molecule has 5 rings (SSSR count). The number of aromatic amines is 1. The van der Waals surface area contributed by atoms with Crippen LogP contribution in [0.15, 0.2) is 60.1 Å². The number of nitrogens with zero attached hydrogens (tertiary/aromatic N) is 5. The molecule has 1 aromatic carbocycles. The first-order valence-corrected chi connectivity index (χ1v) is 13.5. The highest BCUT2D eigenvalue weighted by Crippen LogP contribution is 2.35. The summed E-state index contributed by atoms with van der Waals surface area (Å²) in [6.45, 7) is 0. The number of aromatic nitrogens is 5. The Hall–Kier alpha value is -4.25. The fourth-order valence-electron chi connectivity index (χ4n) is 4.57. The zero-order chi connectivity index (χ0) is 28.2. The number of nitriles is 1. The molecule has 3 aromatic heterocycles. The minimum atomic E-state index is -5.08. The van der Waals surface area contributed by atoms with Crippen molar-refractivity contribution in [3.8, 4) is 17.3 Å². The highest BCUT2D eigenvalue weighted by atomic mass is 32.2. The number of hydrogen-bond acceptors (Lipinski definition) is 7. The van der Waals surface area contributed by atoms with Gasteiger partial charge in [0, 0.05) is 23.3 Å². The van der Waals surface area contributed by atoms with Crippen LogP contribution in [0.3, 0.4) is 0 Å². The first kappa shape index (κ1) is 27.8. The van der Waals surface area contributed by atoms with E-state index < -0.39 is 22.0 Å². The molecular weight excluding hydrogens is 537 g/mol. The molecule has 1 saturated carbocycles. The predicted octanol–water partition coefficient (Wildman–Crippen LogP) is 4.53. The third-order valence-electron chi connectivity index (χ3n) is 6.46. The first-order valence-electron chi connectivity index (χ1n) is 11.8. The van der Waals surface area contributed by atoms with E-state index in [0.29, 0.717) is 0 Å². The zero-order valence-electron chi connectivity index (χ0n) is 20.3. The van der Waals surface area contributed by atoms with Crippen LogP contribution in [0.2, 0.25) is 0 Å². The van der Waals surface area contributed by atoms with Crippen LogP contribution >= 0.6 is 0 Å². The van der Waals surface area contributed by atoms with Gasteiger partial charge in [-0.25, -0.2) is 23.2 Å². The van der Waals surface area contributed by atoms with Gasteiger partial charge in [-0.2, -0.15) is 23.5 Å². The van der Waals surface area contributed by atoms with E-state index in [9.17, 15) is 26.9 Å². The number of halogens is 3. The Bertz CT molecular complexity index is 1620. The van der Waals surface area contributed by atoms with Crippen molar-refractivity contribution >= 4 is 26.8 Å². The van der Waals surface area contributed by atoms with Crippen molar-refractivity contribution in [3.63, 3.8) is 0 Å². The first-order chi connectivity index (χ1) is 18.5. The van der Waals surface area contributed by atoms with Crippen molar-refractivity contribution in [1.29, 1.82) is 5.26 Å². The quantitative estimate of drug-likeness (QED) is 0.361. The summed E-state index contributed by atoms with van der Waals surface area (Å²) >= 11 is 0. The average molecular weight is 561 g/mol. The number of alkyl halides is 3. The molecule has 0 bridgehead atoms. The normalized spacial score (nSPS) is 17.7. The largest absolute Gasteiger partial charge is 0.490 e. The van der Waals surface area contributed by atoms with Crippen molar-refractivity contribution in [2.45, 2.75) is 42.8 Å². The maximum absolute atomic E-state index is 12.9. The zero-order valence-corrected chi connectivity index (χ0v) is 21.2. The number of carbonyl (C=O) groups is 1. The third kappa shape index (κ3) is 6.43. The van der Waals surface area contributed by atoms with Crippen molar-refractivity contribution in [1.82, 2.24) is 24.7 Å². The highest BCUT2D eigenvalue weighted by molar-refractivity contribution is 7.91. The lowest BCUT2D eigenvalue weighted by Crippen LogP contribution is -2.24. The summed E-state index contributed by atoms with van der Waals surface area (Å²) in [5.41, 5.74) is 2.79. The molecule has 4 aromatic rings. The summed E-state index contributed by atoms with van der Waals surface area (Å²) in [6.07, 6.45) is 5.49. The van der Waals surface area contributed by atoms with Gasteiger partial charge in [0.1, 0.15) is 18.0 Å². The minimum Gasteiger partial charge on any atom is -0.475 e.